The van der Waals surface area contributed by atoms with Gasteiger partial charge in [-0.1, -0.05) is 79.7 Å². The highest BCUT2D eigenvalue weighted by molar-refractivity contribution is 6.55. The summed E-state index contributed by atoms with van der Waals surface area (Å²) in [5.74, 6) is 0.981. The molecule has 0 spiro atoms. The minimum Gasteiger partial charge on any atom is -0.490 e. The average Bonchev–Trinajstić information content (AvgIpc) is 2.60. The molecule has 0 amide bonds. The second-order valence-corrected chi connectivity index (χ2v) is 9.75. The summed E-state index contributed by atoms with van der Waals surface area (Å²) in [4.78, 5) is 5.49. The molecule has 0 bridgehead atoms. The summed E-state index contributed by atoms with van der Waals surface area (Å²) in [5.41, 5.74) is 4.14. The molecule has 8 heteroatoms. The van der Waals surface area contributed by atoms with Crippen molar-refractivity contribution in [2.75, 3.05) is 19.8 Å². The van der Waals surface area contributed by atoms with Crippen molar-refractivity contribution >= 4 is 46.4 Å². The summed E-state index contributed by atoms with van der Waals surface area (Å²) < 4.78 is 11.4. The summed E-state index contributed by atoms with van der Waals surface area (Å²) in [7, 11) is 0. The van der Waals surface area contributed by atoms with Crippen molar-refractivity contribution < 1.29 is 14.3 Å². The van der Waals surface area contributed by atoms with Crippen molar-refractivity contribution in [2.45, 2.75) is 53.4 Å². The maximum absolute atomic E-state index is 6.25. The van der Waals surface area contributed by atoms with Gasteiger partial charge in [0.2, 0.25) is 0 Å². The fourth-order valence-electron chi connectivity index (χ4n) is 2.61. The molecule has 0 unspecified atom stereocenters. The predicted octanol–water partition coefficient (Wildman–Crippen LogP) is 8.10. The quantitative estimate of drug-likeness (QED) is 0.220. The summed E-state index contributed by atoms with van der Waals surface area (Å²) in [6.07, 6.45) is 7.64. The Morgan fingerprint density at radius 2 is 1.57 bits per heavy atom. The van der Waals surface area contributed by atoms with E-state index >= 15 is 0 Å². The molecule has 0 fully saturated rings. The van der Waals surface area contributed by atoms with Crippen LogP contribution in [-0.2, 0) is 4.84 Å². The third kappa shape index (κ3) is 12.8. The first-order valence-corrected chi connectivity index (χ1v) is 11.4. The van der Waals surface area contributed by atoms with E-state index < -0.39 is 0 Å². The van der Waals surface area contributed by atoms with Gasteiger partial charge in [-0.3, -0.25) is 10.3 Å². The van der Waals surface area contributed by atoms with Crippen molar-refractivity contribution in [3.05, 3.63) is 44.5 Å². The van der Waals surface area contributed by atoms with Crippen molar-refractivity contribution in [2.24, 2.45) is 5.41 Å². The van der Waals surface area contributed by atoms with E-state index in [4.69, 9.17) is 60.7 Å². The Morgan fingerprint density at radius 1 is 0.967 bits per heavy atom. The Kier molecular flexibility index (Phi) is 13.0. The van der Waals surface area contributed by atoms with Crippen LogP contribution < -0.4 is 15.0 Å². The molecule has 1 aromatic rings. The fraction of sp³-hybridized carbons (Fsp3) is 0.545. The van der Waals surface area contributed by atoms with Crippen LogP contribution in [-0.4, -0.2) is 19.8 Å². The first-order chi connectivity index (χ1) is 14.1. The van der Waals surface area contributed by atoms with Crippen LogP contribution in [0.25, 0.3) is 0 Å². The number of benzene rings is 1. The molecule has 30 heavy (non-hydrogen) atoms. The Hall–Kier alpha value is -0.780. The largest absolute Gasteiger partial charge is 0.490 e. The zero-order valence-corrected chi connectivity index (χ0v) is 21.0. The zero-order valence-electron chi connectivity index (χ0n) is 18.0. The van der Waals surface area contributed by atoms with E-state index in [1.807, 2.05) is 6.92 Å². The molecule has 1 aromatic carbocycles. The normalized spacial score (nSPS) is 11.9. The van der Waals surface area contributed by atoms with Gasteiger partial charge in [-0.15, -0.1) is 0 Å². The molecule has 1 N–H and O–H groups in total. The molecular weight excluding hydrogens is 468 g/mol. The summed E-state index contributed by atoms with van der Waals surface area (Å²) >= 11 is 23.6. The zero-order chi connectivity index (χ0) is 22.6. The standard InChI is InChI=1S/C22H31Cl4NO3/c1-16(15-22(2,3)4)27-30-11-8-6-5-7-10-29-21-18(23)13-17(14-19(21)24)28-12-9-20(25)26/h9,13-15,27H,5-8,10-12H2,1-4H3. The van der Waals surface area contributed by atoms with Gasteiger partial charge in [-0.2, -0.15) is 0 Å². The first-order valence-electron chi connectivity index (χ1n) is 9.91. The van der Waals surface area contributed by atoms with Gasteiger partial charge in [0, 0.05) is 17.8 Å². The molecule has 4 nitrogen and oxygen atoms in total. The lowest BCUT2D eigenvalue weighted by molar-refractivity contribution is 0.0589. The fourth-order valence-corrected chi connectivity index (χ4v) is 3.31. The van der Waals surface area contributed by atoms with Crippen LogP contribution in [0.3, 0.4) is 0 Å². The molecule has 0 aromatic heterocycles. The summed E-state index contributed by atoms with van der Waals surface area (Å²) in [6, 6.07) is 3.30. The highest BCUT2D eigenvalue weighted by atomic mass is 35.5. The molecule has 0 aliphatic carbocycles. The maximum Gasteiger partial charge on any atom is 0.156 e. The first kappa shape index (κ1) is 27.3. The number of nitrogens with one attached hydrogen (secondary N) is 1. The van der Waals surface area contributed by atoms with Crippen LogP contribution in [0.5, 0.6) is 11.5 Å². The topological polar surface area (TPSA) is 39.7 Å². The highest BCUT2D eigenvalue weighted by Crippen LogP contribution is 2.37. The Labute approximate surface area is 200 Å². The van der Waals surface area contributed by atoms with Gasteiger partial charge in [-0.25, -0.2) is 0 Å². The van der Waals surface area contributed by atoms with Crippen LogP contribution >= 0.6 is 46.4 Å². The number of ether oxygens (including phenoxy) is 2. The van der Waals surface area contributed by atoms with E-state index in [9.17, 15) is 0 Å². The van der Waals surface area contributed by atoms with Gasteiger partial charge in [0.05, 0.1) is 23.3 Å². The second kappa shape index (κ2) is 14.3. The molecule has 0 aliphatic heterocycles. The van der Waals surface area contributed by atoms with Gasteiger partial charge in [0.25, 0.3) is 0 Å². The summed E-state index contributed by atoms with van der Waals surface area (Å²) in [6.45, 7) is 9.89. The third-order valence-corrected chi connectivity index (χ3v) is 4.60. The molecule has 0 heterocycles. The number of hydroxylamine groups is 1. The SMILES string of the molecule is CC(=CC(C)(C)C)NOCCCCCCOc1c(Cl)cc(OCC=C(Cl)Cl)cc1Cl. The van der Waals surface area contributed by atoms with Crippen molar-refractivity contribution in [3.8, 4) is 11.5 Å². The number of rotatable bonds is 13. The Morgan fingerprint density at radius 3 is 2.13 bits per heavy atom. The molecule has 1 rings (SSSR count). The molecule has 0 saturated heterocycles. The lowest BCUT2D eigenvalue weighted by Gasteiger charge is -2.15. The van der Waals surface area contributed by atoms with Crippen LogP contribution in [0.15, 0.2) is 34.5 Å². The minimum atomic E-state index is 0.134. The van der Waals surface area contributed by atoms with E-state index in [0.29, 0.717) is 34.8 Å². The van der Waals surface area contributed by atoms with Gasteiger partial charge >= 0.3 is 0 Å². The molecule has 0 aliphatic rings. The Balaban J connectivity index is 2.22. The lowest BCUT2D eigenvalue weighted by atomic mass is 9.96. The number of halogens is 4. The van der Waals surface area contributed by atoms with E-state index in [2.05, 4.69) is 32.3 Å². The van der Waals surface area contributed by atoms with Crippen LogP contribution in [0, 0.1) is 5.41 Å². The van der Waals surface area contributed by atoms with E-state index in [-0.39, 0.29) is 16.5 Å². The molecule has 170 valence electrons. The van der Waals surface area contributed by atoms with Gasteiger partial charge in [0.1, 0.15) is 16.8 Å². The molecule has 0 radical (unpaired) electrons. The minimum absolute atomic E-state index is 0.134. The number of allylic oxidation sites excluding steroid dienone is 2. The average molecular weight is 499 g/mol. The van der Waals surface area contributed by atoms with E-state index in [0.717, 1.165) is 31.4 Å². The molecule has 0 atom stereocenters. The van der Waals surface area contributed by atoms with Crippen LogP contribution in [0.1, 0.15) is 53.4 Å². The lowest BCUT2D eigenvalue weighted by Crippen LogP contribution is -2.15. The van der Waals surface area contributed by atoms with Gasteiger partial charge in [-0.05, 0) is 37.7 Å². The number of unbranched alkanes of at least 4 members (excludes halogenated alkanes) is 3. The summed E-state index contributed by atoms with van der Waals surface area (Å²) in [5, 5.41) is 0.799. The third-order valence-electron chi connectivity index (χ3n) is 3.73. The van der Waals surface area contributed by atoms with Crippen molar-refractivity contribution in [3.63, 3.8) is 0 Å². The molecule has 0 saturated carbocycles. The monoisotopic (exact) mass is 497 g/mol. The van der Waals surface area contributed by atoms with Gasteiger partial charge in [0.15, 0.2) is 5.75 Å². The predicted molar refractivity (Wildman–Crippen MR) is 128 cm³/mol. The molecular formula is C22H31Cl4NO3. The van der Waals surface area contributed by atoms with Gasteiger partial charge < -0.3 is 9.47 Å². The Bertz CT molecular complexity index is 688. The highest BCUT2D eigenvalue weighted by Gasteiger charge is 2.10. The maximum atomic E-state index is 6.25. The van der Waals surface area contributed by atoms with Crippen LogP contribution in [0.4, 0.5) is 0 Å². The smallest absolute Gasteiger partial charge is 0.156 e. The number of hydrogen-bond donors (Lipinski definition) is 1. The van der Waals surface area contributed by atoms with Crippen LogP contribution in [0.2, 0.25) is 10.0 Å². The van der Waals surface area contributed by atoms with E-state index in [1.54, 1.807) is 12.1 Å². The van der Waals surface area contributed by atoms with Crippen molar-refractivity contribution in [1.29, 1.82) is 0 Å². The van der Waals surface area contributed by atoms with Crippen molar-refractivity contribution in [1.82, 2.24) is 5.48 Å². The number of hydrogen-bond acceptors (Lipinski definition) is 4. The van der Waals surface area contributed by atoms with E-state index in [1.165, 1.54) is 6.08 Å². The second-order valence-electron chi connectivity index (χ2n) is 7.93.